The summed E-state index contributed by atoms with van der Waals surface area (Å²) < 4.78 is 0. The van der Waals surface area contributed by atoms with E-state index in [2.05, 4.69) is 15.2 Å². The molecular formula is C14H22N4O. The van der Waals surface area contributed by atoms with Gasteiger partial charge in [0.1, 0.15) is 5.82 Å². The highest BCUT2D eigenvalue weighted by atomic mass is 16.1. The van der Waals surface area contributed by atoms with Gasteiger partial charge in [-0.05, 0) is 31.4 Å². The van der Waals surface area contributed by atoms with E-state index in [0.29, 0.717) is 12.4 Å². The molecule has 104 valence electrons. The van der Waals surface area contributed by atoms with Crippen LogP contribution in [0.25, 0.3) is 0 Å². The Bertz CT molecular complexity index is 412. The molecule has 2 rings (SSSR count). The molecule has 5 heteroatoms. The highest BCUT2D eigenvalue weighted by molar-refractivity contribution is 5.91. The molecular weight excluding hydrogens is 240 g/mol. The SMILES string of the molecule is CC(CN)C(=O)Nc1ccc(N2CCCCC2)cn1. The Morgan fingerprint density at radius 1 is 1.42 bits per heavy atom. The first-order valence-electron chi connectivity index (χ1n) is 6.92. The second-order valence-corrected chi connectivity index (χ2v) is 5.08. The molecule has 1 saturated heterocycles. The maximum Gasteiger partial charge on any atom is 0.229 e. The van der Waals surface area contributed by atoms with Crippen LogP contribution in [0.1, 0.15) is 26.2 Å². The number of nitrogens with two attached hydrogens (primary N) is 1. The summed E-state index contributed by atoms with van der Waals surface area (Å²) >= 11 is 0. The van der Waals surface area contributed by atoms with Crippen LogP contribution in [0.4, 0.5) is 11.5 Å². The third kappa shape index (κ3) is 3.67. The Morgan fingerprint density at radius 3 is 2.74 bits per heavy atom. The first-order chi connectivity index (χ1) is 9.20. The van der Waals surface area contributed by atoms with Gasteiger partial charge in [-0.3, -0.25) is 4.79 Å². The number of carbonyl (C=O) groups excluding carboxylic acids is 1. The summed E-state index contributed by atoms with van der Waals surface area (Å²) in [4.78, 5) is 18.3. The fourth-order valence-corrected chi connectivity index (χ4v) is 2.16. The van der Waals surface area contributed by atoms with Crippen molar-refractivity contribution < 1.29 is 4.79 Å². The summed E-state index contributed by atoms with van der Waals surface area (Å²) in [6.45, 7) is 4.34. The molecule has 3 N–H and O–H groups in total. The molecule has 0 radical (unpaired) electrons. The van der Waals surface area contributed by atoms with Crippen molar-refractivity contribution in [3.8, 4) is 0 Å². The number of rotatable bonds is 4. The molecule has 1 aliphatic rings. The minimum absolute atomic E-state index is 0.0827. The van der Waals surface area contributed by atoms with Gasteiger partial charge < -0.3 is 16.0 Å². The van der Waals surface area contributed by atoms with Gasteiger partial charge in [0, 0.05) is 25.6 Å². The van der Waals surface area contributed by atoms with Crippen molar-refractivity contribution in [2.75, 3.05) is 29.9 Å². The van der Waals surface area contributed by atoms with Crippen LogP contribution < -0.4 is 16.0 Å². The zero-order valence-electron chi connectivity index (χ0n) is 11.4. The van der Waals surface area contributed by atoms with Crippen molar-refractivity contribution in [3.05, 3.63) is 18.3 Å². The topological polar surface area (TPSA) is 71.2 Å². The fraction of sp³-hybridized carbons (Fsp3) is 0.571. The summed E-state index contributed by atoms with van der Waals surface area (Å²) in [6, 6.07) is 3.87. The molecule has 1 unspecified atom stereocenters. The van der Waals surface area contributed by atoms with Crippen LogP contribution in [0.5, 0.6) is 0 Å². The first-order valence-corrected chi connectivity index (χ1v) is 6.92. The van der Waals surface area contributed by atoms with Crippen LogP contribution in [0.15, 0.2) is 18.3 Å². The zero-order chi connectivity index (χ0) is 13.7. The van der Waals surface area contributed by atoms with Gasteiger partial charge in [-0.1, -0.05) is 6.92 Å². The molecule has 1 aromatic rings. The number of amides is 1. The second kappa shape index (κ2) is 6.52. The normalized spacial score (nSPS) is 17.1. The van der Waals surface area contributed by atoms with E-state index in [9.17, 15) is 4.79 Å². The largest absolute Gasteiger partial charge is 0.370 e. The Kier molecular flexibility index (Phi) is 4.74. The number of piperidine rings is 1. The highest BCUT2D eigenvalue weighted by Crippen LogP contribution is 2.20. The standard InChI is InChI=1S/C14H22N4O/c1-11(9-15)14(19)17-13-6-5-12(10-16-13)18-7-3-2-4-8-18/h5-6,10-11H,2-4,7-9,15H2,1H3,(H,16,17,19). The van der Waals surface area contributed by atoms with E-state index in [1.165, 1.54) is 19.3 Å². The van der Waals surface area contributed by atoms with Gasteiger partial charge in [-0.25, -0.2) is 4.98 Å². The van der Waals surface area contributed by atoms with Crippen molar-refractivity contribution in [2.24, 2.45) is 11.7 Å². The minimum atomic E-state index is -0.191. The molecule has 0 saturated carbocycles. The van der Waals surface area contributed by atoms with E-state index >= 15 is 0 Å². The van der Waals surface area contributed by atoms with Gasteiger partial charge in [0.25, 0.3) is 0 Å². The number of nitrogens with one attached hydrogen (secondary N) is 1. The number of aromatic nitrogens is 1. The Morgan fingerprint density at radius 2 is 2.16 bits per heavy atom. The first kappa shape index (κ1) is 13.8. The highest BCUT2D eigenvalue weighted by Gasteiger charge is 2.13. The van der Waals surface area contributed by atoms with E-state index in [0.717, 1.165) is 18.8 Å². The van der Waals surface area contributed by atoms with Crippen molar-refractivity contribution in [1.29, 1.82) is 0 Å². The van der Waals surface area contributed by atoms with Crippen LogP contribution in [-0.2, 0) is 4.79 Å². The second-order valence-electron chi connectivity index (χ2n) is 5.08. The summed E-state index contributed by atoms with van der Waals surface area (Å²) in [5, 5.41) is 2.77. The molecule has 5 nitrogen and oxygen atoms in total. The lowest BCUT2D eigenvalue weighted by Gasteiger charge is -2.28. The van der Waals surface area contributed by atoms with Crippen LogP contribution in [0, 0.1) is 5.92 Å². The van der Waals surface area contributed by atoms with Crippen molar-refractivity contribution in [2.45, 2.75) is 26.2 Å². The van der Waals surface area contributed by atoms with Crippen molar-refractivity contribution in [1.82, 2.24) is 4.98 Å². The zero-order valence-corrected chi connectivity index (χ0v) is 11.4. The molecule has 0 aromatic carbocycles. The lowest BCUT2D eigenvalue weighted by atomic mass is 10.1. The summed E-state index contributed by atoms with van der Waals surface area (Å²) in [5.74, 6) is 0.315. The number of hydrogen-bond donors (Lipinski definition) is 2. The van der Waals surface area contributed by atoms with Gasteiger partial charge in [-0.15, -0.1) is 0 Å². The average molecular weight is 262 g/mol. The molecule has 0 aliphatic carbocycles. The average Bonchev–Trinajstić information content (AvgIpc) is 2.48. The minimum Gasteiger partial charge on any atom is -0.370 e. The predicted molar refractivity (Wildman–Crippen MR) is 77.1 cm³/mol. The van der Waals surface area contributed by atoms with E-state index in [1.807, 2.05) is 18.3 Å². The van der Waals surface area contributed by atoms with E-state index in [1.54, 1.807) is 6.92 Å². The Balaban J connectivity index is 1.96. The van der Waals surface area contributed by atoms with Crippen LogP contribution in [-0.4, -0.2) is 30.5 Å². The third-order valence-corrected chi connectivity index (χ3v) is 3.52. The smallest absolute Gasteiger partial charge is 0.229 e. The molecule has 1 aromatic heterocycles. The van der Waals surface area contributed by atoms with Crippen molar-refractivity contribution in [3.63, 3.8) is 0 Å². The maximum atomic E-state index is 11.7. The third-order valence-electron chi connectivity index (χ3n) is 3.52. The van der Waals surface area contributed by atoms with Crippen LogP contribution in [0.2, 0.25) is 0 Å². The van der Waals surface area contributed by atoms with Gasteiger partial charge in [-0.2, -0.15) is 0 Å². The lowest BCUT2D eigenvalue weighted by Crippen LogP contribution is -2.29. The molecule has 19 heavy (non-hydrogen) atoms. The molecule has 1 atom stereocenters. The number of nitrogens with zero attached hydrogens (tertiary/aromatic N) is 2. The van der Waals surface area contributed by atoms with Gasteiger partial charge in [0.2, 0.25) is 5.91 Å². The Hall–Kier alpha value is -1.62. The molecule has 0 bridgehead atoms. The molecule has 1 aliphatic heterocycles. The molecule has 1 amide bonds. The lowest BCUT2D eigenvalue weighted by molar-refractivity contribution is -0.119. The fourth-order valence-electron chi connectivity index (χ4n) is 2.16. The van der Waals surface area contributed by atoms with Gasteiger partial charge in [0.05, 0.1) is 11.9 Å². The maximum absolute atomic E-state index is 11.7. The van der Waals surface area contributed by atoms with Crippen molar-refractivity contribution >= 4 is 17.4 Å². The number of anilines is 2. The van der Waals surface area contributed by atoms with Gasteiger partial charge >= 0.3 is 0 Å². The molecule has 0 spiro atoms. The monoisotopic (exact) mass is 262 g/mol. The predicted octanol–water partition coefficient (Wildman–Crippen LogP) is 1.61. The molecule has 1 fully saturated rings. The number of carbonyl (C=O) groups is 1. The summed E-state index contributed by atoms with van der Waals surface area (Å²) in [6.07, 6.45) is 5.63. The number of hydrogen-bond acceptors (Lipinski definition) is 4. The summed E-state index contributed by atoms with van der Waals surface area (Å²) in [5.41, 5.74) is 6.59. The van der Waals surface area contributed by atoms with E-state index < -0.39 is 0 Å². The number of pyridine rings is 1. The van der Waals surface area contributed by atoms with Crippen LogP contribution >= 0.6 is 0 Å². The quantitative estimate of drug-likeness (QED) is 0.864. The van der Waals surface area contributed by atoms with E-state index in [4.69, 9.17) is 5.73 Å². The van der Waals surface area contributed by atoms with E-state index in [-0.39, 0.29) is 11.8 Å². The van der Waals surface area contributed by atoms with Crippen LogP contribution in [0.3, 0.4) is 0 Å². The van der Waals surface area contributed by atoms with Gasteiger partial charge in [0.15, 0.2) is 0 Å². The Labute approximate surface area is 114 Å². The molecule has 2 heterocycles. The summed E-state index contributed by atoms with van der Waals surface area (Å²) in [7, 11) is 0.